The average molecular weight is 569 g/mol. The number of rotatable bonds is 11. The Bertz CT molecular complexity index is 1410. The number of nitrogens with zero attached hydrogens (tertiary/aromatic N) is 4. The molecule has 0 radical (unpaired) electrons. The molecule has 0 bridgehead atoms. The molecule has 40 heavy (non-hydrogen) atoms. The van der Waals surface area contributed by atoms with E-state index in [0.29, 0.717) is 65.9 Å². The summed E-state index contributed by atoms with van der Waals surface area (Å²) in [6.45, 7) is 7.26. The number of aromatic nitrogens is 3. The van der Waals surface area contributed by atoms with Gasteiger partial charge in [-0.2, -0.15) is 0 Å². The number of anilines is 3. The lowest BCUT2D eigenvalue weighted by Gasteiger charge is -2.37. The molecule has 1 aliphatic heterocycles. The maximum absolute atomic E-state index is 6.65. The van der Waals surface area contributed by atoms with Crippen LogP contribution in [0.25, 0.3) is 17.3 Å². The van der Waals surface area contributed by atoms with Gasteiger partial charge >= 0.3 is 0 Å². The molecule has 0 amide bonds. The minimum absolute atomic E-state index is 0.196. The van der Waals surface area contributed by atoms with Gasteiger partial charge in [0.05, 0.1) is 54.3 Å². The largest absolute Gasteiger partial charge is 0.494 e. The van der Waals surface area contributed by atoms with Gasteiger partial charge in [-0.05, 0) is 34.0 Å². The number of nitrogens with one attached hydrogen (secondary N) is 1. The molecular weight excluding hydrogens is 532 g/mol. The maximum Gasteiger partial charge on any atom is 0.227 e. The number of halogens is 1. The Balaban J connectivity index is 1.44. The van der Waals surface area contributed by atoms with Gasteiger partial charge in [0, 0.05) is 49.5 Å². The highest BCUT2D eigenvalue weighted by Gasteiger charge is 2.38. The van der Waals surface area contributed by atoms with Crippen LogP contribution >= 0.6 is 11.6 Å². The van der Waals surface area contributed by atoms with E-state index in [9.17, 15) is 0 Å². The van der Waals surface area contributed by atoms with Crippen LogP contribution in [0.15, 0.2) is 30.6 Å². The van der Waals surface area contributed by atoms with Gasteiger partial charge in [0.2, 0.25) is 5.95 Å². The Labute approximate surface area is 240 Å². The lowest BCUT2D eigenvalue weighted by Crippen LogP contribution is -2.36. The van der Waals surface area contributed by atoms with E-state index in [1.165, 1.54) is 0 Å². The molecule has 11 heteroatoms. The lowest BCUT2D eigenvalue weighted by molar-refractivity contribution is -0.0629. The third-order valence-corrected chi connectivity index (χ3v) is 7.39. The summed E-state index contributed by atoms with van der Waals surface area (Å²) in [4.78, 5) is 11.3. The monoisotopic (exact) mass is 568 g/mol. The fourth-order valence-electron chi connectivity index (χ4n) is 5.33. The molecule has 1 aliphatic carbocycles. The second-order valence-corrected chi connectivity index (χ2v) is 10.9. The van der Waals surface area contributed by atoms with Crippen molar-refractivity contribution in [1.29, 1.82) is 0 Å². The minimum atomic E-state index is -0.357. The van der Waals surface area contributed by atoms with Crippen LogP contribution in [-0.2, 0) is 21.6 Å². The highest BCUT2D eigenvalue weighted by atomic mass is 35.5. The van der Waals surface area contributed by atoms with E-state index >= 15 is 0 Å². The second kappa shape index (κ2) is 11.7. The molecule has 5 rings (SSSR count). The normalized spacial score (nSPS) is 18.5. The average Bonchev–Trinajstić information content (AvgIpc) is 3.29. The first-order valence-electron chi connectivity index (χ1n) is 13.4. The highest BCUT2D eigenvalue weighted by Crippen LogP contribution is 2.45. The standard InChI is InChI=1S/C29H37ClN6O4/c1-6-38-17-18(15-35(3)4)40-24-13-25(37-5)23(12-22(24)31)33-28-32-14-21(30)26(34-28)20-16-36-10-11-39-29(2)9-7-8-19(20)27(29)36/h7-8,12-14,16,18H,6,9-11,15,17,31H2,1-5H3,(H,32,33,34). The zero-order valence-corrected chi connectivity index (χ0v) is 24.4. The van der Waals surface area contributed by atoms with E-state index < -0.39 is 0 Å². The molecule has 0 spiro atoms. The predicted octanol–water partition coefficient (Wildman–Crippen LogP) is 4.94. The van der Waals surface area contributed by atoms with Crippen LogP contribution in [0.5, 0.6) is 11.5 Å². The van der Waals surface area contributed by atoms with E-state index in [4.69, 9.17) is 41.3 Å². The molecule has 3 heterocycles. The first-order valence-corrected chi connectivity index (χ1v) is 13.8. The molecule has 2 aliphatic rings. The number of benzene rings is 1. The molecule has 2 aromatic heterocycles. The number of nitrogens with two attached hydrogens (primary N) is 1. The summed E-state index contributed by atoms with van der Waals surface area (Å²) in [5.74, 6) is 1.42. The van der Waals surface area contributed by atoms with E-state index in [2.05, 4.69) is 40.1 Å². The van der Waals surface area contributed by atoms with Crippen molar-refractivity contribution in [2.75, 3.05) is 58.6 Å². The van der Waals surface area contributed by atoms with Crippen LogP contribution in [0, 0.1) is 0 Å². The summed E-state index contributed by atoms with van der Waals surface area (Å²) >= 11 is 6.65. The number of hydrogen-bond acceptors (Lipinski definition) is 9. The SMILES string of the molecule is CCOCC(CN(C)C)Oc1cc(OC)c(Nc2ncc(Cl)c(-c3cn4c5c3C=CCC5(C)OCC4)n2)cc1N. The molecule has 214 valence electrons. The van der Waals surface area contributed by atoms with Gasteiger partial charge in [-0.3, -0.25) is 0 Å². The first kappa shape index (κ1) is 28.2. The highest BCUT2D eigenvalue weighted by molar-refractivity contribution is 6.33. The smallest absolute Gasteiger partial charge is 0.227 e. The van der Waals surface area contributed by atoms with Crippen molar-refractivity contribution in [3.8, 4) is 22.8 Å². The molecule has 1 aromatic carbocycles. The van der Waals surface area contributed by atoms with Gasteiger partial charge in [-0.15, -0.1) is 0 Å². The molecule has 2 atom stereocenters. The maximum atomic E-state index is 6.65. The number of nitrogen functional groups attached to an aromatic ring is 1. The third-order valence-electron chi connectivity index (χ3n) is 7.11. The zero-order chi connectivity index (χ0) is 28.4. The Morgan fingerprint density at radius 2 is 2.12 bits per heavy atom. The summed E-state index contributed by atoms with van der Waals surface area (Å²) in [5.41, 5.74) is 10.9. The Hall–Kier alpha value is -3.31. The van der Waals surface area contributed by atoms with E-state index in [-0.39, 0.29) is 11.7 Å². The van der Waals surface area contributed by atoms with Gasteiger partial charge in [0.25, 0.3) is 0 Å². The van der Waals surface area contributed by atoms with Gasteiger partial charge in [0.1, 0.15) is 23.2 Å². The third kappa shape index (κ3) is 5.62. The van der Waals surface area contributed by atoms with Crippen molar-refractivity contribution in [3.05, 3.63) is 46.9 Å². The van der Waals surface area contributed by atoms with Crippen molar-refractivity contribution in [2.45, 2.75) is 38.5 Å². The van der Waals surface area contributed by atoms with Crippen LogP contribution in [0.4, 0.5) is 17.3 Å². The molecule has 3 N–H and O–H groups in total. The number of ether oxygens (including phenoxy) is 4. The van der Waals surface area contributed by atoms with Crippen LogP contribution in [0.2, 0.25) is 5.02 Å². The predicted molar refractivity (Wildman–Crippen MR) is 158 cm³/mol. The second-order valence-electron chi connectivity index (χ2n) is 10.5. The summed E-state index contributed by atoms with van der Waals surface area (Å²) in [6, 6.07) is 3.52. The topological polar surface area (TPSA) is 109 Å². The summed E-state index contributed by atoms with van der Waals surface area (Å²) in [6.07, 6.45) is 8.61. The van der Waals surface area contributed by atoms with Gasteiger partial charge in [-0.25, -0.2) is 9.97 Å². The van der Waals surface area contributed by atoms with Crippen molar-refractivity contribution >= 4 is 35.0 Å². The molecule has 0 saturated carbocycles. The Kier molecular flexibility index (Phi) is 8.23. The van der Waals surface area contributed by atoms with Gasteiger partial charge in [0.15, 0.2) is 0 Å². The van der Waals surface area contributed by atoms with Crippen LogP contribution in [-0.4, -0.2) is 73.1 Å². The molecule has 3 aromatic rings. The minimum Gasteiger partial charge on any atom is -0.494 e. The molecule has 10 nitrogen and oxygen atoms in total. The quantitative estimate of drug-likeness (QED) is 0.311. The van der Waals surface area contributed by atoms with Crippen molar-refractivity contribution < 1.29 is 18.9 Å². The van der Waals surface area contributed by atoms with E-state index in [1.54, 1.807) is 25.4 Å². The lowest BCUT2D eigenvalue weighted by atomic mass is 9.87. The fraction of sp³-hybridized carbons (Fsp3) is 0.448. The summed E-state index contributed by atoms with van der Waals surface area (Å²) in [7, 11) is 5.56. The number of likely N-dealkylation sites (N-methyl/N-ethyl adjacent to an activating group) is 1. The summed E-state index contributed by atoms with van der Waals surface area (Å²) in [5, 5.41) is 3.72. The van der Waals surface area contributed by atoms with Crippen molar-refractivity contribution in [3.63, 3.8) is 0 Å². The van der Waals surface area contributed by atoms with Gasteiger partial charge in [-0.1, -0.05) is 23.8 Å². The molecule has 2 unspecified atom stereocenters. The molecule has 0 saturated heterocycles. The van der Waals surface area contributed by atoms with Crippen molar-refractivity contribution in [2.24, 2.45) is 0 Å². The van der Waals surface area contributed by atoms with Crippen LogP contribution in [0.1, 0.15) is 31.5 Å². The van der Waals surface area contributed by atoms with E-state index in [1.807, 2.05) is 25.9 Å². The molecule has 0 fully saturated rings. The van der Waals surface area contributed by atoms with Crippen molar-refractivity contribution in [1.82, 2.24) is 19.4 Å². The van der Waals surface area contributed by atoms with Gasteiger partial charge < -0.3 is 39.5 Å². The van der Waals surface area contributed by atoms with Crippen LogP contribution < -0.4 is 20.5 Å². The Morgan fingerprint density at radius 1 is 1.30 bits per heavy atom. The number of hydrogen-bond donors (Lipinski definition) is 2. The van der Waals surface area contributed by atoms with Crippen LogP contribution in [0.3, 0.4) is 0 Å². The van der Waals surface area contributed by atoms with E-state index in [0.717, 1.165) is 29.8 Å². The first-order chi connectivity index (χ1) is 19.2. The molecular formula is C29H37ClN6O4. The number of methoxy groups -OCH3 is 1. The summed E-state index contributed by atoms with van der Waals surface area (Å²) < 4.78 is 25.9. The zero-order valence-electron chi connectivity index (χ0n) is 23.7. The Morgan fingerprint density at radius 3 is 2.88 bits per heavy atom. The fourth-order valence-corrected chi connectivity index (χ4v) is 5.53.